The fraction of sp³-hybridized carbons (Fsp3) is 0.538. The highest BCUT2D eigenvalue weighted by Crippen LogP contribution is 2.30. The zero-order chi connectivity index (χ0) is 13.9. The summed E-state index contributed by atoms with van der Waals surface area (Å²) in [6.07, 6.45) is 1.78. The predicted octanol–water partition coefficient (Wildman–Crippen LogP) is 0.432. The molecule has 19 heavy (non-hydrogen) atoms. The number of nitrogens with zero attached hydrogens (tertiary/aromatic N) is 1. The third-order valence-electron chi connectivity index (χ3n) is 3.21. The van der Waals surface area contributed by atoms with Crippen LogP contribution in [-0.4, -0.2) is 37.0 Å². The van der Waals surface area contributed by atoms with Gasteiger partial charge in [-0.25, -0.2) is 8.42 Å². The second kappa shape index (κ2) is 6.00. The maximum absolute atomic E-state index is 12.4. The quantitative estimate of drug-likeness (QED) is 0.760. The van der Waals surface area contributed by atoms with Crippen molar-refractivity contribution in [2.24, 2.45) is 5.73 Å². The molecule has 1 aliphatic rings. The molecule has 0 aromatic heterocycles. The van der Waals surface area contributed by atoms with Crippen molar-refractivity contribution >= 4 is 10.0 Å². The summed E-state index contributed by atoms with van der Waals surface area (Å²) < 4.78 is 26.1. The zero-order valence-corrected chi connectivity index (χ0v) is 11.6. The van der Waals surface area contributed by atoms with Gasteiger partial charge in [-0.05, 0) is 24.0 Å². The first kappa shape index (κ1) is 14.5. The SMILES string of the molecule is NCc1cccc(CS(=O)(=O)N(CCO)C2CC2)c1. The lowest BCUT2D eigenvalue weighted by Crippen LogP contribution is -2.36. The summed E-state index contributed by atoms with van der Waals surface area (Å²) in [5.41, 5.74) is 7.22. The molecule has 6 heteroatoms. The second-order valence-electron chi connectivity index (χ2n) is 4.85. The van der Waals surface area contributed by atoms with E-state index < -0.39 is 10.0 Å². The fourth-order valence-corrected chi connectivity index (χ4v) is 3.94. The Morgan fingerprint density at radius 1 is 1.32 bits per heavy atom. The number of hydrogen-bond donors (Lipinski definition) is 2. The Morgan fingerprint density at radius 2 is 2.00 bits per heavy atom. The highest BCUT2D eigenvalue weighted by Gasteiger charge is 2.36. The molecular weight excluding hydrogens is 264 g/mol. The van der Waals surface area contributed by atoms with Crippen LogP contribution in [0, 0.1) is 0 Å². The van der Waals surface area contributed by atoms with Crippen molar-refractivity contribution in [1.82, 2.24) is 4.31 Å². The zero-order valence-electron chi connectivity index (χ0n) is 10.8. The molecule has 0 saturated heterocycles. The number of hydrogen-bond acceptors (Lipinski definition) is 4. The van der Waals surface area contributed by atoms with Crippen molar-refractivity contribution in [2.75, 3.05) is 13.2 Å². The van der Waals surface area contributed by atoms with Crippen LogP contribution in [0.2, 0.25) is 0 Å². The molecule has 0 amide bonds. The molecule has 0 atom stereocenters. The molecule has 1 fully saturated rings. The normalized spacial score (nSPS) is 15.9. The van der Waals surface area contributed by atoms with Gasteiger partial charge in [0.1, 0.15) is 0 Å². The minimum atomic E-state index is -3.37. The largest absolute Gasteiger partial charge is 0.395 e. The molecule has 0 unspecified atom stereocenters. The van der Waals surface area contributed by atoms with Crippen LogP contribution in [-0.2, 0) is 22.3 Å². The first-order valence-electron chi connectivity index (χ1n) is 6.45. The van der Waals surface area contributed by atoms with Crippen molar-refractivity contribution in [2.45, 2.75) is 31.2 Å². The van der Waals surface area contributed by atoms with Gasteiger partial charge in [0.05, 0.1) is 12.4 Å². The summed E-state index contributed by atoms with van der Waals surface area (Å²) >= 11 is 0. The lowest BCUT2D eigenvalue weighted by atomic mass is 10.1. The molecule has 1 aromatic rings. The van der Waals surface area contributed by atoms with Gasteiger partial charge in [0.25, 0.3) is 0 Å². The number of rotatable bonds is 7. The second-order valence-corrected chi connectivity index (χ2v) is 6.77. The first-order chi connectivity index (χ1) is 9.06. The van der Waals surface area contributed by atoms with E-state index in [0.29, 0.717) is 6.54 Å². The maximum Gasteiger partial charge on any atom is 0.218 e. The summed E-state index contributed by atoms with van der Waals surface area (Å²) in [4.78, 5) is 0. The Bertz CT molecular complexity index is 526. The summed E-state index contributed by atoms with van der Waals surface area (Å²) in [7, 11) is -3.37. The van der Waals surface area contributed by atoms with Gasteiger partial charge >= 0.3 is 0 Å². The van der Waals surface area contributed by atoms with Crippen molar-refractivity contribution < 1.29 is 13.5 Å². The summed E-state index contributed by atoms with van der Waals surface area (Å²) in [6.45, 7) is 0.443. The molecule has 5 nitrogen and oxygen atoms in total. The first-order valence-corrected chi connectivity index (χ1v) is 8.06. The molecule has 1 aromatic carbocycles. The lowest BCUT2D eigenvalue weighted by Gasteiger charge is -2.21. The number of nitrogens with two attached hydrogens (primary N) is 1. The molecule has 0 bridgehead atoms. The number of aliphatic hydroxyl groups is 1. The number of benzene rings is 1. The van der Waals surface area contributed by atoms with Gasteiger partial charge in [-0.2, -0.15) is 4.31 Å². The minimum Gasteiger partial charge on any atom is -0.395 e. The topological polar surface area (TPSA) is 83.6 Å². The van der Waals surface area contributed by atoms with Crippen LogP contribution in [0.5, 0.6) is 0 Å². The van der Waals surface area contributed by atoms with E-state index in [1.165, 1.54) is 4.31 Å². The Morgan fingerprint density at radius 3 is 2.58 bits per heavy atom. The molecule has 106 valence electrons. The molecule has 0 aliphatic heterocycles. The highest BCUT2D eigenvalue weighted by atomic mass is 32.2. The maximum atomic E-state index is 12.4. The Balaban J connectivity index is 2.14. The van der Waals surface area contributed by atoms with Gasteiger partial charge in [0.2, 0.25) is 10.0 Å². The van der Waals surface area contributed by atoms with Crippen LogP contribution < -0.4 is 5.73 Å². The van der Waals surface area contributed by atoms with Gasteiger partial charge in [0, 0.05) is 19.1 Å². The number of aliphatic hydroxyl groups excluding tert-OH is 1. The third-order valence-corrected chi connectivity index (χ3v) is 5.10. The standard InChI is InChI=1S/C13H20N2O3S/c14-9-11-2-1-3-12(8-11)10-19(17,18)15(6-7-16)13-4-5-13/h1-3,8,13,16H,4-7,9-10,14H2. The third kappa shape index (κ3) is 3.76. The van der Waals surface area contributed by atoms with Crippen molar-refractivity contribution in [3.05, 3.63) is 35.4 Å². The summed E-state index contributed by atoms with van der Waals surface area (Å²) in [6, 6.07) is 7.39. The molecule has 2 rings (SSSR count). The van der Waals surface area contributed by atoms with Crippen LogP contribution in [0.25, 0.3) is 0 Å². The minimum absolute atomic E-state index is 0.0304. The smallest absolute Gasteiger partial charge is 0.218 e. The van der Waals surface area contributed by atoms with Gasteiger partial charge in [-0.3, -0.25) is 0 Å². The molecule has 0 heterocycles. The predicted molar refractivity (Wildman–Crippen MR) is 73.8 cm³/mol. The fourth-order valence-electron chi connectivity index (χ4n) is 2.15. The monoisotopic (exact) mass is 284 g/mol. The van der Waals surface area contributed by atoms with E-state index in [0.717, 1.165) is 24.0 Å². The van der Waals surface area contributed by atoms with E-state index in [-0.39, 0.29) is 24.9 Å². The van der Waals surface area contributed by atoms with E-state index in [1.54, 1.807) is 6.07 Å². The van der Waals surface area contributed by atoms with Crippen LogP contribution in [0.3, 0.4) is 0 Å². The van der Waals surface area contributed by atoms with E-state index in [1.807, 2.05) is 18.2 Å². The van der Waals surface area contributed by atoms with Gasteiger partial charge in [0.15, 0.2) is 0 Å². The van der Waals surface area contributed by atoms with Crippen LogP contribution in [0.1, 0.15) is 24.0 Å². The van der Waals surface area contributed by atoms with E-state index in [4.69, 9.17) is 10.8 Å². The summed E-state index contributed by atoms with van der Waals surface area (Å²) in [5, 5.41) is 9.00. The Labute approximate surface area is 114 Å². The molecule has 1 saturated carbocycles. The van der Waals surface area contributed by atoms with Gasteiger partial charge in [-0.1, -0.05) is 24.3 Å². The average molecular weight is 284 g/mol. The number of sulfonamides is 1. The molecule has 0 spiro atoms. The lowest BCUT2D eigenvalue weighted by molar-refractivity contribution is 0.250. The van der Waals surface area contributed by atoms with Crippen molar-refractivity contribution in [3.8, 4) is 0 Å². The molecular formula is C13H20N2O3S. The van der Waals surface area contributed by atoms with Gasteiger partial charge in [-0.15, -0.1) is 0 Å². The van der Waals surface area contributed by atoms with Crippen molar-refractivity contribution in [3.63, 3.8) is 0 Å². The van der Waals surface area contributed by atoms with E-state index in [2.05, 4.69) is 0 Å². The Hall–Kier alpha value is -0.950. The molecule has 0 radical (unpaired) electrons. The molecule has 3 N–H and O–H groups in total. The van der Waals surface area contributed by atoms with Crippen molar-refractivity contribution in [1.29, 1.82) is 0 Å². The van der Waals surface area contributed by atoms with E-state index >= 15 is 0 Å². The molecule has 1 aliphatic carbocycles. The van der Waals surface area contributed by atoms with Gasteiger partial charge < -0.3 is 10.8 Å². The van der Waals surface area contributed by atoms with Crippen LogP contribution in [0.15, 0.2) is 24.3 Å². The summed E-state index contributed by atoms with van der Waals surface area (Å²) in [5.74, 6) is -0.0304. The average Bonchev–Trinajstić information content (AvgIpc) is 3.19. The van der Waals surface area contributed by atoms with Crippen LogP contribution >= 0.6 is 0 Å². The van der Waals surface area contributed by atoms with Crippen LogP contribution in [0.4, 0.5) is 0 Å². The highest BCUT2D eigenvalue weighted by molar-refractivity contribution is 7.88. The Kier molecular flexibility index (Phi) is 4.57. The van der Waals surface area contributed by atoms with E-state index in [9.17, 15) is 8.42 Å².